The van der Waals surface area contributed by atoms with Gasteiger partial charge in [-0.15, -0.1) is 0 Å². The molecule has 1 amide bonds. The van der Waals surface area contributed by atoms with Crippen LogP contribution in [0.1, 0.15) is 25.5 Å². The minimum atomic E-state index is -0.549. The number of carbonyl (C=O) groups excluding carboxylic acids is 1. The highest BCUT2D eigenvalue weighted by Gasteiger charge is 2.18. The SMILES string of the molecule is C[C@@H](Oc1ccccc1)C(=O)N[C@H](C)c1ccc(N2CCOCC2)cc1. The van der Waals surface area contributed by atoms with Crippen LogP contribution in [0.25, 0.3) is 0 Å². The van der Waals surface area contributed by atoms with Gasteiger partial charge in [0.15, 0.2) is 6.10 Å². The summed E-state index contributed by atoms with van der Waals surface area (Å²) in [6.07, 6.45) is -0.549. The van der Waals surface area contributed by atoms with Crippen LogP contribution in [0.4, 0.5) is 5.69 Å². The number of morpholine rings is 1. The number of benzene rings is 2. The van der Waals surface area contributed by atoms with E-state index in [2.05, 4.69) is 34.5 Å². The molecular weight excluding hydrogens is 328 g/mol. The smallest absolute Gasteiger partial charge is 0.261 e. The summed E-state index contributed by atoms with van der Waals surface area (Å²) in [4.78, 5) is 14.7. The van der Waals surface area contributed by atoms with Crippen LogP contribution in [0.2, 0.25) is 0 Å². The molecule has 0 aromatic heterocycles. The van der Waals surface area contributed by atoms with Gasteiger partial charge in [-0.1, -0.05) is 30.3 Å². The molecule has 5 heteroatoms. The van der Waals surface area contributed by atoms with E-state index in [1.165, 1.54) is 5.69 Å². The highest BCUT2D eigenvalue weighted by atomic mass is 16.5. The maximum absolute atomic E-state index is 12.4. The molecule has 3 rings (SSSR count). The van der Waals surface area contributed by atoms with Crippen molar-refractivity contribution in [1.29, 1.82) is 0 Å². The molecule has 0 unspecified atom stereocenters. The lowest BCUT2D eigenvalue weighted by molar-refractivity contribution is -0.127. The van der Waals surface area contributed by atoms with Crippen LogP contribution >= 0.6 is 0 Å². The normalized spacial score (nSPS) is 16.6. The quantitative estimate of drug-likeness (QED) is 0.866. The summed E-state index contributed by atoms with van der Waals surface area (Å²) >= 11 is 0. The summed E-state index contributed by atoms with van der Waals surface area (Å²) < 4.78 is 11.1. The Morgan fingerprint density at radius 2 is 1.69 bits per heavy atom. The van der Waals surface area contributed by atoms with Crippen LogP contribution in [0.5, 0.6) is 5.75 Å². The first-order chi connectivity index (χ1) is 12.6. The van der Waals surface area contributed by atoms with Crippen molar-refractivity contribution in [3.05, 3.63) is 60.2 Å². The number of nitrogens with one attached hydrogen (secondary N) is 1. The Hall–Kier alpha value is -2.53. The predicted octanol–water partition coefficient (Wildman–Crippen LogP) is 3.17. The summed E-state index contributed by atoms with van der Waals surface area (Å²) in [7, 11) is 0. The fourth-order valence-electron chi connectivity index (χ4n) is 2.97. The Bertz CT molecular complexity index is 697. The first kappa shape index (κ1) is 18.3. The van der Waals surface area contributed by atoms with Gasteiger partial charge in [0.2, 0.25) is 0 Å². The lowest BCUT2D eigenvalue weighted by atomic mass is 10.1. The van der Waals surface area contributed by atoms with E-state index < -0.39 is 6.10 Å². The average molecular weight is 354 g/mol. The second-order valence-corrected chi connectivity index (χ2v) is 6.49. The number of ether oxygens (including phenoxy) is 2. The standard InChI is InChI=1S/C21H26N2O3/c1-16(22-21(24)17(2)26-20-6-4-3-5-7-20)18-8-10-19(11-9-18)23-12-14-25-15-13-23/h3-11,16-17H,12-15H2,1-2H3,(H,22,24)/t16-,17-/m1/s1. The van der Waals surface area contributed by atoms with Crippen molar-refractivity contribution in [1.82, 2.24) is 5.32 Å². The van der Waals surface area contributed by atoms with Gasteiger partial charge >= 0.3 is 0 Å². The van der Waals surface area contributed by atoms with E-state index >= 15 is 0 Å². The van der Waals surface area contributed by atoms with Gasteiger partial charge < -0.3 is 19.7 Å². The third kappa shape index (κ3) is 4.76. The summed E-state index contributed by atoms with van der Waals surface area (Å²) in [5.74, 6) is 0.566. The lowest BCUT2D eigenvalue weighted by Gasteiger charge is -2.29. The van der Waals surface area contributed by atoms with E-state index in [0.29, 0.717) is 5.75 Å². The van der Waals surface area contributed by atoms with Crippen molar-refractivity contribution in [2.45, 2.75) is 26.0 Å². The number of hydrogen-bond donors (Lipinski definition) is 1. The molecule has 1 N–H and O–H groups in total. The van der Waals surface area contributed by atoms with Gasteiger partial charge in [0, 0.05) is 18.8 Å². The number of nitrogens with zero attached hydrogens (tertiary/aromatic N) is 1. The maximum atomic E-state index is 12.4. The van der Waals surface area contributed by atoms with Crippen molar-refractivity contribution in [3.63, 3.8) is 0 Å². The van der Waals surface area contributed by atoms with Crippen molar-refractivity contribution in [2.75, 3.05) is 31.2 Å². The first-order valence-corrected chi connectivity index (χ1v) is 9.08. The number of amides is 1. The van der Waals surface area contributed by atoms with Gasteiger partial charge in [0.1, 0.15) is 5.75 Å². The van der Waals surface area contributed by atoms with Crippen LogP contribution in [-0.4, -0.2) is 38.3 Å². The molecule has 138 valence electrons. The van der Waals surface area contributed by atoms with Crippen LogP contribution in [0.15, 0.2) is 54.6 Å². The van der Waals surface area contributed by atoms with Crippen LogP contribution < -0.4 is 15.0 Å². The third-order valence-electron chi connectivity index (χ3n) is 4.55. The second-order valence-electron chi connectivity index (χ2n) is 6.49. The molecule has 1 heterocycles. The molecule has 1 aliphatic heterocycles. The van der Waals surface area contributed by atoms with Crippen LogP contribution in [0.3, 0.4) is 0 Å². The number of para-hydroxylation sites is 1. The molecule has 2 aromatic carbocycles. The molecule has 1 aliphatic rings. The monoisotopic (exact) mass is 354 g/mol. The maximum Gasteiger partial charge on any atom is 0.261 e. The van der Waals surface area contributed by atoms with E-state index in [1.807, 2.05) is 37.3 Å². The van der Waals surface area contributed by atoms with Crippen LogP contribution in [0, 0.1) is 0 Å². The Kier molecular flexibility index (Phi) is 6.12. The van der Waals surface area contributed by atoms with E-state index in [9.17, 15) is 4.79 Å². The van der Waals surface area contributed by atoms with Crippen molar-refractivity contribution in [3.8, 4) is 5.75 Å². The van der Waals surface area contributed by atoms with E-state index in [4.69, 9.17) is 9.47 Å². The van der Waals surface area contributed by atoms with Crippen molar-refractivity contribution in [2.24, 2.45) is 0 Å². The largest absolute Gasteiger partial charge is 0.481 e. The molecule has 2 aromatic rings. The number of carbonyl (C=O) groups is 1. The fourth-order valence-corrected chi connectivity index (χ4v) is 2.97. The Balaban J connectivity index is 1.55. The molecule has 0 bridgehead atoms. The topological polar surface area (TPSA) is 50.8 Å². The molecule has 1 saturated heterocycles. The highest BCUT2D eigenvalue weighted by Crippen LogP contribution is 2.20. The molecule has 1 fully saturated rings. The zero-order chi connectivity index (χ0) is 18.4. The first-order valence-electron chi connectivity index (χ1n) is 9.08. The van der Waals surface area contributed by atoms with E-state index in [-0.39, 0.29) is 11.9 Å². The summed E-state index contributed by atoms with van der Waals surface area (Å²) in [5, 5.41) is 3.02. The van der Waals surface area contributed by atoms with E-state index in [0.717, 1.165) is 31.9 Å². The Labute approximate surface area is 154 Å². The van der Waals surface area contributed by atoms with Crippen LogP contribution in [-0.2, 0) is 9.53 Å². The number of rotatable bonds is 6. The van der Waals surface area contributed by atoms with Gasteiger partial charge in [-0.05, 0) is 43.7 Å². The predicted molar refractivity (Wildman–Crippen MR) is 103 cm³/mol. The lowest BCUT2D eigenvalue weighted by Crippen LogP contribution is -2.38. The van der Waals surface area contributed by atoms with Gasteiger partial charge in [-0.2, -0.15) is 0 Å². The molecule has 0 aliphatic carbocycles. The van der Waals surface area contributed by atoms with E-state index in [1.54, 1.807) is 6.92 Å². The van der Waals surface area contributed by atoms with Gasteiger partial charge in [-0.3, -0.25) is 4.79 Å². The number of hydrogen-bond acceptors (Lipinski definition) is 4. The molecule has 2 atom stereocenters. The van der Waals surface area contributed by atoms with Crippen molar-refractivity contribution >= 4 is 11.6 Å². The fraction of sp³-hybridized carbons (Fsp3) is 0.381. The van der Waals surface area contributed by atoms with Gasteiger partial charge in [-0.25, -0.2) is 0 Å². The molecule has 0 spiro atoms. The highest BCUT2D eigenvalue weighted by molar-refractivity contribution is 5.81. The minimum Gasteiger partial charge on any atom is -0.481 e. The van der Waals surface area contributed by atoms with Gasteiger partial charge in [0.05, 0.1) is 19.3 Å². The summed E-state index contributed by atoms with van der Waals surface area (Å²) in [6.45, 7) is 7.12. The molecular formula is C21H26N2O3. The number of anilines is 1. The van der Waals surface area contributed by atoms with Crippen molar-refractivity contribution < 1.29 is 14.3 Å². The van der Waals surface area contributed by atoms with Gasteiger partial charge in [0.25, 0.3) is 5.91 Å². The second kappa shape index (κ2) is 8.72. The Morgan fingerprint density at radius 1 is 1.04 bits per heavy atom. The molecule has 0 radical (unpaired) electrons. The summed E-state index contributed by atoms with van der Waals surface area (Å²) in [5.41, 5.74) is 2.26. The zero-order valence-corrected chi connectivity index (χ0v) is 15.4. The molecule has 0 saturated carbocycles. The Morgan fingerprint density at radius 3 is 2.35 bits per heavy atom. The summed E-state index contributed by atoms with van der Waals surface area (Å²) in [6, 6.07) is 17.6. The molecule has 5 nitrogen and oxygen atoms in total. The zero-order valence-electron chi connectivity index (χ0n) is 15.4. The molecule has 26 heavy (non-hydrogen) atoms. The average Bonchev–Trinajstić information content (AvgIpc) is 2.69. The third-order valence-corrected chi connectivity index (χ3v) is 4.55. The minimum absolute atomic E-state index is 0.0805.